The number of carbonyl (C=O) groups excluding carboxylic acids is 1. The average molecular weight is 581 g/mol. The molecule has 0 unspecified atom stereocenters. The molecule has 2 aliphatic heterocycles. The fourth-order valence-corrected chi connectivity index (χ4v) is 6.40. The number of hydrogen-bond donors (Lipinski definition) is 3. The molecule has 6 nitrogen and oxygen atoms in total. The average Bonchev–Trinajstić information content (AvgIpc) is 3.57. The van der Waals surface area contributed by atoms with Gasteiger partial charge in [-0.25, -0.2) is 4.79 Å². The first-order valence-electron chi connectivity index (χ1n) is 17.5. The Bertz CT molecular complexity index is 694. The van der Waals surface area contributed by atoms with Crippen molar-refractivity contribution in [2.24, 2.45) is 0 Å². The quantitative estimate of drug-likeness (QED) is 0.0707. The number of aliphatic hydroxyl groups is 3. The molecule has 1 fully saturated rings. The van der Waals surface area contributed by atoms with Crippen LogP contribution in [0.3, 0.4) is 0 Å². The molecular weight excluding hydrogens is 516 g/mol. The van der Waals surface area contributed by atoms with Crippen molar-refractivity contribution in [3.8, 4) is 0 Å². The third-order valence-electron chi connectivity index (χ3n) is 9.03. The van der Waals surface area contributed by atoms with Crippen molar-refractivity contribution >= 4 is 5.97 Å². The molecule has 0 amide bonds. The summed E-state index contributed by atoms with van der Waals surface area (Å²) in [6, 6.07) is 0. The Morgan fingerprint density at radius 1 is 0.683 bits per heavy atom. The van der Waals surface area contributed by atoms with Gasteiger partial charge in [0.15, 0.2) is 0 Å². The first-order valence-corrected chi connectivity index (χ1v) is 17.5. The van der Waals surface area contributed by atoms with Crippen molar-refractivity contribution in [1.82, 2.24) is 0 Å². The molecule has 0 aromatic heterocycles. The van der Waals surface area contributed by atoms with Crippen LogP contribution in [0, 0.1) is 0 Å². The van der Waals surface area contributed by atoms with Crippen LogP contribution in [0.15, 0.2) is 11.6 Å². The maximum absolute atomic E-state index is 11.6. The van der Waals surface area contributed by atoms with Gasteiger partial charge in [0, 0.05) is 12.0 Å². The van der Waals surface area contributed by atoms with Gasteiger partial charge in [-0.2, -0.15) is 0 Å². The minimum absolute atomic E-state index is 0.102. The third-order valence-corrected chi connectivity index (χ3v) is 9.03. The number of aliphatic hydroxyl groups excluding tert-OH is 3. The fourth-order valence-electron chi connectivity index (χ4n) is 6.40. The number of cyclic esters (lactones) is 1. The number of carbonyl (C=O) groups is 1. The second-order valence-corrected chi connectivity index (χ2v) is 13.0. The summed E-state index contributed by atoms with van der Waals surface area (Å²) in [5, 5.41) is 31.4. The van der Waals surface area contributed by atoms with Crippen LogP contribution < -0.4 is 0 Å². The topological polar surface area (TPSA) is 96.2 Å². The summed E-state index contributed by atoms with van der Waals surface area (Å²) in [7, 11) is 0. The molecule has 0 bridgehead atoms. The lowest BCUT2D eigenvalue weighted by molar-refractivity contribution is -0.139. The van der Waals surface area contributed by atoms with Crippen molar-refractivity contribution in [3.05, 3.63) is 11.6 Å². The summed E-state index contributed by atoms with van der Waals surface area (Å²) in [6.45, 7) is 4.10. The second-order valence-electron chi connectivity index (χ2n) is 13.0. The Hall–Kier alpha value is -0.950. The number of unbranched alkanes of at least 4 members (excludes halogenated alkanes) is 16. The van der Waals surface area contributed by atoms with Gasteiger partial charge in [-0.3, -0.25) is 0 Å². The second kappa shape index (κ2) is 22.6. The predicted molar refractivity (Wildman–Crippen MR) is 167 cm³/mol. The van der Waals surface area contributed by atoms with E-state index in [9.17, 15) is 20.1 Å². The highest BCUT2D eigenvalue weighted by atomic mass is 16.5. The number of hydrogen-bond acceptors (Lipinski definition) is 6. The SMILES string of the molecule is CCCCCCCCCCCC[C@H](O)[C@H]1CC[C@H]([C@H](O)CCCCCCCCCC[C@H](O)CC2=C[C@@H](C)OC2=O)O1. The van der Waals surface area contributed by atoms with E-state index in [1.54, 1.807) is 0 Å². The van der Waals surface area contributed by atoms with Crippen LogP contribution >= 0.6 is 0 Å². The molecule has 0 saturated carbocycles. The van der Waals surface area contributed by atoms with E-state index in [-0.39, 0.29) is 24.3 Å². The first kappa shape index (κ1) is 36.2. The molecule has 1 saturated heterocycles. The normalized spacial score (nSPS) is 23.0. The van der Waals surface area contributed by atoms with Crippen LogP contribution in [0.2, 0.25) is 0 Å². The lowest BCUT2D eigenvalue weighted by Gasteiger charge is -2.22. The maximum Gasteiger partial charge on any atom is 0.334 e. The van der Waals surface area contributed by atoms with Crippen LogP contribution in [0.25, 0.3) is 0 Å². The van der Waals surface area contributed by atoms with E-state index in [0.717, 1.165) is 64.2 Å². The molecule has 0 aromatic rings. The van der Waals surface area contributed by atoms with Crippen LogP contribution in [0.4, 0.5) is 0 Å². The van der Waals surface area contributed by atoms with Gasteiger partial charge in [0.2, 0.25) is 0 Å². The van der Waals surface area contributed by atoms with Crippen LogP contribution in [-0.4, -0.2) is 57.9 Å². The van der Waals surface area contributed by atoms with E-state index in [2.05, 4.69) is 6.92 Å². The van der Waals surface area contributed by atoms with Crippen molar-refractivity contribution in [2.75, 3.05) is 0 Å². The van der Waals surface area contributed by atoms with Crippen molar-refractivity contribution in [2.45, 2.75) is 205 Å². The largest absolute Gasteiger partial charge is 0.455 e. The van der Waals surface area contributed by atoms with Gasteiger partial charge < -0.3 is 24.8 Å². The van der Waals surface area contributed by atoms with Crippen LogP contribution in [0.5, 0.6) is 0 Å². The molecule has 0 radical (unpaired) electrons. The van der Waals surface area contributed by atoms with E-state index >= 15 is 0 Å². The zero-order chi connectivity index (χ0) is 29.7. The van der Waals surface area contributed by atoms with E-state index in [1.165, 1.54) is 83.5 Å². The molecule has 3 N–H and O–H groups in total. The highest BCUT2D eigenvalue weighted by molar-refractivity contribution is 5.90. The van der Waals surface area contributed by atoms with Gasteiger partial charge in [-0.1, -0.05) is 122 Å². The molecule has 240 valence electrons. The highest BCUT2D eigenvalue weighted by Crippen LogP contribution is 2.28. The van der Waals surface area contributed by atoms with Gasteiger partial charge >= 0.3 is 5.97 Å². The molecule has 2 heterocycles. The highest BCUT2D eigenvalue weighted by Gasteiger charge is 2.34. The van der Waals surface area contributed by atoms with Crippen molar-refractivity contribution in [3.63, 3.8) is 0 Å². The standard InChI is InChI=1S/C35H64O6/c1-3-4-5-6-7-8-9-13-16-19-22-31(37)33-24-25-34(41-33)32(38)23-20-17-14-11-10-12-15-18-21-30(36)27-29-26-28(2)40-35(29)39/h26,28,30-34,36-38H,3-25,27H2,1-2H3/t28-,30+,31+,32-,33-,34-/m1/s1. The molecule has 0 aromatic carbocycles. The van der Waals surface area contributed by atoms with Gasteiger partial charge in [0.05, 0.1) is 30.5 Å². The predicted octanol–water partition coefficient (Wildman–Crippen LogP) is 8.09. The maximum atomic E-state index is 11.6. The van der Waals surface area contributed by atoms with E-state index < -0.39 is 18.3 Å². The Morgan fingerprint density at radius 3 is 1.51 bits per heavy atom. The zero-order valence-electron chi connectivity index (χ0n) is 26.6. The summed E-state index contributed by atoms with van der Waals surface area (Å²) < 4.78 is 11.2. The lowest BCUT2D eigenvalue weighted by Crippen LogP contribution is -2.31. The summed E-state index contributed by atoms with van der Waals surface area (Å²) in [5.74, 6) is -0.280. The summed E-state index contributed by atoms with van der Waals surface area (Å²) in [6.07, 6.45) is 26.7. The molecule has 0 spiro atoms. The monoisotopic (exact) mass is 580 g/mol. The molecule has 2 aliphatic rings. The van der Waals surface area contributed by atoms with Gasteiger partial charge in [-0.05, 0) is 45.1 Å². The van der Waals surface area contributed by atoms with Gasteiger partial charge in [-0.15, -0.1) is 0 Å². The molecule has 6 atom stereocenters. The summed E-state index contributed by atoms with van der Waals surface area (Å²) >= 11 is 0. The van der Waals surface area contributed by atoms with Gasteiger partial charge in [0.25, 0.3) is 0 Å². The molecule has 0 aliphatic carbocycles. The minimum Gasteiger partial charge on any atom is -0.455 e. The lowest BCUT2D eigenvalue weighted by atomic mass is 9.99. The first-order chi connectivity index (χ1) is 19.9. The summed E-state index contributed by atoms with van der Waals surface area (Å²) in [5.41, 5.74) is 0.617. The Balaban J connectivity index is 1.37. The Kier molecular flexibility index (Phi) is 20.0. The molecule has 2 rings (SSSR count). The third kappa shape index (κ3) is 16.5. The summed E-state index contributed by atoms with van der Waals surface area (Å²) in [4.78, 5) is 11.6. The molecular formula is C35H64O6. The molecule has 41 heavy (non-hydrogen) atoms. The smallest absolute Gasteiger partial charge is 0.334 e. The minimum atomic E-state index is -0.461. The zero-order valence-corrected chi connectivity index (χ0v) is 26.6. The van der Waals surface area contributed by atoms with E-state index in [4.69, 9.17) is 9.47 Å². The van der Waals surface area contributed by atoms with Crippen molar-refractivity contribution in [1.29, 1.82) is 0 Å². The fraction of sp³-hybridized carbons (Fsp3) is 0.914. The van der Waals surface area contributed by atoms with Crippen molar-refractivity contribution < 1.29 is 29.6 Å². The number of esters is 1. The Labute approximate surface area is 251 Å². The van der Waals surface area contributed by atoms with E-state index in [0.29, 0.717) is 12.0 Å². The number of ether oxygens (including phenoxy) is 2. The Morgan fingerprint density at radius 2 is 1.10 bits per heavy atom. The van der Waals surface area contributed by atoms with E-state index in [1.807, 2.05) is 13.0 Å². The van der Waals surface area contributed by atoms with Gasteiger partial charge in [0.1, 0.15) is 6.10 Å². The van der Waals surface area contributed by atoms with Crippen LogP contribution in [0.1, 0.15) is 168 Å². The van der Waals surface area contributed by atoms with Crippen LogP contribution in [-0.2, 0) is 14.3 Å². The number of rotatable bonds is 26. The molecule has 6 heteroatoms.